The van der Waals surface area contributed by atoms with E-state index in [4.69, 9.17) is 16.6 Å². The lowest BCUT2D eigenvalue weighted by atomic mass is 10.2. The lowest BCUT2D eigenvalue weighted by Gasteiger charge is -2.10. The molecule has 0 aliphatic heterocycles. The molecule has 0 atom stereocenters. The molecule has 0 aliphatic rings. The second-order valence-electron chi connectivity index (χ2n) is 5.43. The molecular formula is C18H19N7S. The topological polar surface area (TPSA) is 116 Å². The number of nitrogens with one attached hydrogen (secondary N) is 3. The molecule has 5 N–H and O–H groups in total. The average molecular weight is 365 g/mol. The van der Waals surface area contributed by atoms with E-state index < -0.39 is 0 Å². The van der Waals surface area contributed by atoms with Gasteiger partial charge in [0, 0.05) is 47.2 Å². The number of hydrogen-bond donors (Lipinski definition) is 4. The van der Waals surface area contributed by atoms with E-state index in [9.17, 15) is 0 Å². The quantitative estimate of drug-likeness (QED) is 0.396. The minimum Gasteiger partial charge on any atom is -0.404 e. The van der Waals surface area contributed by atoms with Crippen LogP contribution in [0.5, 0.6) is 0 Å². The highest BCUT2D eigenvalue weighted by Crippen LogP contribution is 2.27. The Balaban J connectivity index is 1.87. The molecule has 1 aromatic carbocycles. The van der Waals surface area contributed by atoms with Crippen LogP contribution in [0.1, 0.15) is 5.69 Å². The van der Waals surface area contributed by atoms with Crippen LogP contribution in [0, 0.1) is 10.8 Å². The fourth-order valence-electron chi connectivity index (χ4n) is 2.49. The van der Waals surface area contributed by atoms with Gasteiger partial charge in [-0.05, 0) is 36.4 Å². The minimum absolute atomic E-state index is 0.293. The Labute approximate surface area is 155 Å². The third-order valence-corrected chi connectivity index (χ3v) is 4.83. The van der Waals surface area contributed by atoms with E-state index in [1.807, 2.05) is 25.2 Å². The first-order chi connectivity index (χ1) is 12.7. The summed E-state index contributed by atoms with van der Waals surface area (Å²) >= 11 is 1.57. The summed E-state index contributed by atoms with van der Waals surface area (Å²) in [5.74, 6) is 0.475. The Morgan fingerprint density at radius 2 is 2.15 bits per heavy atom. The van der Waals surface area contributed by atoms with Gasteiger partial charge >= 0.3 is 0 Å². The van der Waals surface area contributed by atoms with Gasteiger partial charge < -0.3 is 16.5 Å². The normalized spacial score (nSPS) is 11.5. The summed E-state index contributed by atoms with van der Waals surface area (Å²) in [5, 5.41) is 24.1. The first-order valence-corrected chi connectivity index (χ1v) is 8.89. The molecule has 2 heterocycles. The largest absolute Gasteiger partial charge is 0.404 e. The molecule has 132 valence electrons. The number of nitrogens with two attached hydrogens (primary N) is 1. The number of aromatic nitrogens is 3. The highest BCUT2D eigenvalue weighted by Gasteiger charge is 2.06. The zero-order chi connectivity index (χ0) is 18.5. The number of fused-ring (bicyclic) bond motifs is 1. The van der Waals surface area contributed by atoms with Crippen LogP contribution < -0.4 is 16.5 Å². The van der Waals surface area contributed by atoms with Crippen molar-refractivity contribution in [2.45, 2.75) is 10.8 Å². The van der Waals surface area contributed by atoms with Crippen LogP contribution in [0.2, 0.25) is 0 Å². The molecule has 3 rings (SSSR count). The number of rotatable bonds is 6. The van der Waals surface area contributed by atoms with E-state index in [-0.39, 0.29) is 0 Å². The third-order valence-electron chi connectivity index (χ3n) is 3.87. The lowest BCUT2D eigenvalue weighted by molar-refractivity contribution is 0.664. The number of pyridine rings is 1. The van der Waals surface area contributed by atoms with Crippen molar-refractivity contribution in [2.75, 3.05) is 12.4 Å². The fraction of sp³-hybridized carbons (Fsp3) is 0.111. The number of thioether (sulfide) groups is 1. The Bertz CT molecular complexity index is 1040. The van der Waals surface area contributed by atoms with Crippen molar-refractivity contribution in [1.82, 2.24) is 14.8 Å². The van der Waals surface area contributed by atoms with Gasteiger partial charge in [-0.2, -0.15) is 5.10 Å². The summed E-state index contributed by atoms with van der Waals surface area (Å²) in [6, 6.07) is 11.4. The van der Waals surface area contributed by atoms with Crippen molar-refractivity contribution < 1.29 is 0 Å². The molecule has 0 unspecified atom stereocenters. The second kappa shape index (κ2) is 7.83. The van der Waals surface area contributed by atoms with Crippen LogP contribution in [0.25, 0.3) is 16.5 Å². The highest BCUT2D eigenvalue weighted by molar-refractivity contribution is 7.98. The van der Waals surface area contributed by atoms with Crippen molar-refractivity contribution >= 4 is 40.1 Å². The van der Waals surface area contributed by atoms with Gasteiger partial charge in [-0.15, -0.1) is 11.8 Å². The van der Waals surface area contributed by atoms with Gasteiger partial charge in [0.05, 0.1) is 17.1 Å². The van der Waals surface area contributed by atoms with Crippen LogP contribution in [-0.4, -0.2) is 28.0 Å². The molecule has 0 saturated heterocycles. The maximum absolute atomic E-state index is 8.04. The summed E-state index contributed by atoms with van der Waals surface area (Å²) in [4.78, 5) is 5.44. The van der Waals surface area contributed by atoms with Crippen molar-refractivity contribution in [1.29, 1.82) is 10.8 Å². The van der Waals surface area contributed by atoms with E-state index >= 15 is 0 Å². The van der Waals surface area contributed by atoms with Crippen LogP contribution in [0.3, 0.4) is 0 Å². The molecule has 3 aromatic rings. The van der Waals surface area contributed by atoms with E-state index in [2.05, 4.69) is 21.5 Å². The Morgan fingerprint density at radius 1 is 1.31 bits per heavy atom. The van der Waals surface area contributed by atoms with Gasteiger partial charge in [0.2, 0.25) is 0 Å². The summed E-state index contributed by atoms with van der Waals surface area (Å²) < 4.78 is 1.58. The number of nitrogens with zero attached hydrogens (tertiary/aromatic N) is 3. The van der Waals surface area contributed by atoms with Crippen LogP contribution >= 0.6 is 11.8 Å². The smallest absolute Gasteiger partial charge is 0.142 e. The Morgan fingerprint density at radius 3 is 2.88 bits per heavy atom. The van der Waals surface area contributed by atoms with E-state index in [0.29, 0.717) is 22.6 Å². The number of anilines is 1. The monoisotopic (exact) mass is 365 g/mol. The molecule has 0 bridgehead atoms. The summed E-state index contributed by atoms with van der Waals surface area (Å²) in [6.45, 7) is 0. The highest BCUT2D eigenvalue weighted by atomic mass is 32.2. The van der Waals surface area contributed by atoms with Crippen LogP contribution in [0.15, 0.2) is 53.7 Å². The molecule has 0 amide bonds. The summed E-state index contributed by atoms with van der Waals surface area (Å²) in [6.07, 6.45) is 4.27. The van der Waals surface area contributed by atoms with Gasteiger partial charge in [-0.3, -0.25) is 10.4 Å². The average Bonchev–Trinajstić information content (AvgIpc) is 2.68. The van der Waals surface area contributed by atoms with Crippen molar-refractivity contribution in [3.63, 3.8) is 0 Å². The number of hydrogen-bond acceptors (Lipinski definition) is 7. The fourth-order valence-corrected chi connectivity index (χ4v) is 3.32. The zero-order valence-electron chi connectivity index (χ0n) is 14.2. The van der Waals surface area contributed by atoms with Crippen molar-refractivity contribution in [2.24, 2.45) is 5.73 Å². The maximum atomic E-state index is 8.04. The summed E-state index contributed by atoms with van der Waals surface area (Å²) in [7, 11) is 1.89. The van der Waals surface area contributed by atoms with Gasteiger partial charge in [0.25, 0.3) is 0 Å². The minimum atomic E-state index is 0.293. The predicted molar refractivity (Wildman–Crippen MR) is 106 cm³/mol. The van der Waals surface area contributed by atoms with Crippen molar-refractivity contribution in [3.8, 4) is 0 Å². The molecule has 0 saturated carbocycles. The van der Waals surface area contributed by atoms with Crippen LogP contribution in [-0.2, 0) is 5.88 Å². The molecule has 2 aromatic heterocycles. The van der Waals surface area contributed by atoms with Crippen molar-refractivity contribution in [3.05, 3.63) is 60.0 Å². The number of allylic oxidation sites excluding steroid dienone is 1. The molecule has 0 aliphatic carbocycles. The van der Waals surface area contributed by atoms with Gasteiger partial charge in [-0.1, -0.05) is 0 Å². The maximum Gasteiger partial charge on any atom is 0.142 e. The van der Waals surface area contributed by atoms with Gasteiger partial charge in [0.1, 0.15) is 5.49 Å². The zero-order valence-corrected chi connectivity index (χ0v) is 15.0. The molecule has 0 spiro atoms. The van der Waals surface area contributed by atoms with Gasteiger partial charge in [-0.25, -0.2) is 4.68 Å². The second-order valence-corrected chi connectivity index (χ2v) is 6.45. The Kier molecular flexibility index (Phi) is 5.33. The third kappa shape index (κ3) is 3.60. The molecule has 26 heavy (non-hydrogen) atoms. The lowest BCUT2D eigenvalue weighted by Crippen LogP contribution is -2.22. The summed E-state index contributed by atoms with van der Waals surface area (Å²) in [5.41, 5.74) is 8.85. The SMILES string of the molecule is CNc1ccnc2ccc(SCn3nc(/C(C=N)=C/N)ccc3=N)cc12. The standard InChI is InChI=1S/C18H19N7S/c1-22-16-6-7-23-17-3-2-13(8-14(16)17)26-11-25-18(21)5-4-15(24-25)12(9-19)10-20/h2-10,19,21H,11,20H2,1H3,(H,22,23)/b12-10+,19-9?,21-18?. The number of benzene rings is 1. The first-order valence-electron chi connectivity index (χ1n) is 7.91. The molecular weight excluding hydrogens is 346 g/mol. The molecule has 8 heteroatoms. The van der Waals surface area contributed by atoms with E-state index in [0.717, 1.165) is 27.7 Å². The molecule has 7 nitrogen and oxygen atoms in total. The van der Waals surface area contributed by atoms with Crippen LogP contribution in [0.4, 0.5) is 5.69 Å². The Hall–Kier alpha value is -3.13. The molecule has 0 radical (unpaired) electrons. The first kappa shape index (κ1) is 17.7. The van der Waals surface area contributed by atoms with Gasteiger partial charge in [0.15, 0.2) is 0 Å². The van der Waals surface area contributed by atoms with E-state index in [1.54, 1.807) is 34.8 Å². The molecule has 0 fully saturated rings. The van der Waals surface area contributed by atoms with E-state index in [1.165, 1.54) is 6.20 Å². The predicted octanol–water partition coefficient (Wildman–Crippen LogP) is 2.65.